The van der Waals surface area contributed by atoms with Crippen molar-refractivity contribution in [3.05, 3.63) is 0 Å². The Balaban J connectivity index is 3.25. The molecule has 0 bridgehead atoms. The lowest BCUT2D eigenvalue weighted by atomic mass is 10.3. The van der Waals surface area contributed by atoms with Crippen LogP contribution in [0.1, 0.15) is 65.2 Å². The van der Waals surface area contributed by atoms with Gasteiger partial charge in [0.25, 0.3) is 0 Å². The van der Waals surface area contributed by atoms with Crippen LogP contribution in [0.2, 0.25) is 0 Å². The van der Waals surface area contributed by atoms with E-state index in [1.807, 2.05) is 0 Å². The van der Waals surface area contributed by atoms with Crippen LogP contribution in [0, 0.1) is 0 Å². The average molecular weight is 567 g/mol. The maximum Gasteiger partial charge on any atom is 0.305 e. The van der Waals surface area contributed by atoms with Crippen molar-refractivity contribution in [2.45, 2.75) is 65.2 Å². The van der Waals surface area contributed by atoms with Crippen LogP contribution in [-0.2, 0) is 52.2 Å². The highest BCUT2D eigenvalue weighted by Gasteiger charge is 2.05. The summed E-state index contributed by atoms with van der Waals surface area (Å²) in [6.45, 7) is 11.9. The molecule has 0 N–H and O–H groups in total. The van der Waals surface area contributed by atoms with Gasteiger partial charge in [0.15, 0.2) is 0 Å². The summed E-state index contributed by atoms with van der Waals surface area (Å²) >= 11 is 0. The molecule has 0 amide bonds. The van der Waals surface area contributed by atoms with E-state index in [1.54, 1.807) is 0 Å². The Morgan fingerprint density at radius 3 is 0.949 bits per heavy atom. The zero-order valence-corrected chi connectivity index (χ0v) is 24.5. The highest BCUT2D eigenvalue weighted by Crippen LogP contribution is 1.98. The van der Waals surface area contributed by atoms with Crippen molar-refractivity contribution in [2.24, 2.45) is 0 Å². The summed E-state index contributed by atoms with van der Waals surface area (Å²) in [6, 6.07) is 0. The number of esters is 2. The van der Waals surface area contributed by atoms with Crippen LogP contribution in [-0.4, -0.2) is 118 Å². The SMILES string of the molecule is CCCCOCCOCCOCCOC(=O)CCCOCCCC(=O)OCCOCCOCCOCCCC. The number of unbranched alkanes of at least 4 members (excludes halogenated alkanes) is 2. The van der Waals surface area contributed by atoms with E-state index in [2.05, 4.69) is 13.8 Å². The van der Waals surface area contributed by atoms with E-state index in [9.17, 15) is 9.59 Å². The highest BCUT2D eigenvalue weighted by molar-refractivity contribution is 5.69. The Bertz CT molecular complexity index is 476. The Kier molecular flexibility index (Phi) is 31.7. The number of carbonyl (C=O) groups is 2. The second-order valence-electron chi connectivity index (χ2n) is 8.64. The molecule has 0 saturated heterocycles. The van der Waals surface area contributed by atoms with Gasteiger partial charge in [-0.2, -0.15) is 0 Å². The second kappa shape index (κ2) is 32.9. The van der Waals surface area contributed by atoms with Crippen LogP contribution >= 0.6 is 0 Å². The molecule has 0 saturated carbocycles. The second-order valence-corrected chi connectivity index (χ2v) is 8.64. The van der Waals surface area contributed by atoms with Gasteiger partial charge in [0.2, 0.25) is 0 Å². The minimum Gasteiger partial charge on any atom is -0.463 e. The quantitative estimate of drug-likeness (QED) is 0.0881. The number of carbonyl (C=O) groups excluding carboxylic acids is 2. The van der Waals surface area contributed by atoms with Crippen molar-refractivity contribution >= 4 is 11.9 Å². The van der Waals surface area contributed by atoms with E-state index in [0.29, 0.717) is 92.1 Å². The first-order valence-corrected chi connectivity index (χ1v) is 14.6. The van der Waals surface area contributed by atoms with Crippen LogP contribution in [0.15, 0.2) is 0 Å². The van der Waals surface area contributed by atoms with E-state index in [1.165, 1.54) is 0 Å². The van der Waals surface area contributed by atoms with Crippen molar-refractivity contribution in [2.75, 3.05) is 106 Å². The average Bonchev–Trinajstić information content (AvgIpc) is 2.93. The molecule has 0 aliphatic heterocycles. The molecule has 0 rings (SSSR count). The third-order valence-electron chi connectivity index (χ3n) is 5.09. The molecular formula is C28H54O11. The fourth-order valence-electron chi connectivity index (χ4n) is 2.89. The first-order valence-electron chi connectivity index (χ1n) is 14.6. The Labute approximate surface area is 235 Å². The van der Waals surface area contributed by atoms with Crippen molar-refractivity contribution in [3.8, 4) is 0 Å². The molecule has 0 aromatic heterocycles. The molecule has 0 atom stereocenters. The summed E-state index contributed by atoms with van der Waals surface area (Å²) in [7, 11) is 0. The number of hydrogen-bond acceptors (Lipinski definition) is 11. The Hall–Kier alpha value is -1.34. The molecule has 0 heterocycles. The highest BCUT2D eigenvalue weighted by atomic mass is 16.6. The first-order chi connectivity index (χ1) is 19.2. The predicted molar refractivity (Wildman–Crippen MR) is 146 cm³/mol. The van der Waals surface area contributed by atoms with E-state index < -0.39 is 0 Å². The lowest BCUT2D eigenvalue weighted by Crippen LogP contribution is -2.14. The van der Waals surface area contributed by atoms with Crippen LogP contribution in [0.4, 0.5) is 0 Å². The summed E-state index contributed by atoms with van der Waals surface area (Å²) in [6.07, 6.45) is 6.06. The topological polar surface area (TPSA) is 117 Å². The molecular weight excluding hydrogens is 512 g/mol. The monoisotopic (exact) mass is 566 g/mol. The fraction of sp³-hybridized carbons (Fsp3) is 0.929. The summed E-state index contributed by atoms with van der Waals surface area (Å²) in [5.74, 6) is -0.562. The lowest BCUT2D eigenvalue weighted by molar-refractivity contribution is -0.146. The zero-order valence-electron chi connectivity index (χ0n) is 24.5. The lowest BCUT2D eigenvalue weighted by Gasteiger charge is -2.08. The Morgan fingerprint density at radius 1 is 0.359 bits per heavy atom. The summed E-state index contributed by atoms with van der Waals surface area (Å²) in [5.41, 5.74) is 0. The minimum atomic E-state index is -0.281. The van der Waals surface area contributed by atoms with Gasteiger partial charge in [0.05, 0.1) is 66.1 Å². The van der Waals surface area contributed by atoms with Gasteiger partial charge >= 0.3 is 11.9 Å². The van der Waals surface area contributed by atoms with Gasteiger partial charge in [-0.1, -0.05) is 26.7 Å². The Morgan fingerprint density at radius 2 is 0.615 bits per heavy atom. The van der Waals surface area contributed by atoms with Gasteiger partial charge in [0, 0.05) is 39.3 Å². The molecule has 0 unspecified atom stereocenters. The maximum absolute atomic E-state index is 11.7. The maximum atomic E-state index is 11.7. The van der Waals surface area contributed by atoms with E-state index in [4.69, 9.17) is 42.6 Å². The first kappa shape index (κ1) is 37.7. The van der Waals surface area contributed by atoms with Crippen LogP contribution in [0.25, 0.3) is 0 Å². The van der Waals surface area contributed by atoms with Gasteiger partial charge in [0.1, 0.15) is 13.2 Å². The van der Waals surface area contributed by atoms with E-state index in [0.717, 1.165) is 38.9 Å². The zero-order chi connectivity index (χ0) is 28.5. The third kappa shape index (κ3) is 32.8. The summed E-state index contributed by atoms with van der Waals surface area (Å²) < 4.78 is 48.0. The number of rotatable bonds is 32. The van der Waals surface area contributed by atoms with Crippen molar-refractivity contribution in [3.63, 3.8) is 0 Å². The smallest absolute Gasteiger partial charge is 0.305 e. The van der Waals surface area contributed by atoms with Crippen molar-refractivity contribution < 1.29 is 52.2 Å². The molecule has 39 heavy (non-hydrogen) atoms. The normalized spacial score (nSPS) is 11.1. The van der Waals surface area contributed by atoms with E-state index >= 15 is 0 Å². The van der Waals surface area contributed by atoms with Gasteiger partial charge in [-0.3, -0.25) is 9.59 Å². The molecule has 0 spiro atoms. The van der Waals surface area contributed by atoms with Crippen LogP contribution in [0.5, 0.6) is 0 Å². The van der Waals surface area contributed by atoms with Crippen LogP contribution in [0.3, 0.4) is 0 Å². The molecule has 0 aromatic carbocycles. The molecule has 0 aliphatic carbocycles. The summed E-state index contributed by atoms with van der Waals surface area (Å²) in [4.78, 5) is 23.4. The fourth-order valence-corrected chi connectivity index (χ4v) is 2.89. The number of hydrogen-bond donors (Lipinski definition) is 0. The van der Waals surface area contributed by atoms with Crippen molar-refractivity contribution in [1.29, 1.82) is 0 Å². The van der Waals surface area contributed by atoms with Crippen molar-refractivity contribution in [1.82, 2.24) is 0 Å². The standard InChI is InChI=1S/C28H54O11/c1-3-5-11-32-15-17-34-19-21-36-23-25-38-27(29)9-7-13-31-14-8-10-28(30)39-26-24-37-22-20-35-18-16-33-12-6-4-2/h3-26H2,1-2H3. The van der Waals surface area contributed by atoms with Gasteiger partial charge < -0.3 is 42.6 Å². The molecule has 11 nitrogen and oxygen atoms in total. The predicted octanol–water partition coefficient (Wildman–Crippen LogP) is 3.35. The molecule has 0 fully saturated rings. The van der Waals surface area contributed by atoms with Gasteiger partial charge in [-0.15, -0.1) is 0 Å². The molecule has 0 aliphatic rings. The van der Waals surface area contributed by atoms with Crippen LogP contribution < -0.4 is 0 Å². The molecule has 232 valence electrons. The van der Waals surface area contributed by atoms with E-state index in [-0.39, 0.29) is 38.0 Å². The molecule has 11 heteroatoms. The third-order valence-corrected chi connectivity index (χ3v) is 5.09. The summed E-state index contributed by atoms with van der Waals surface area (Å²) in [5, 5.41) is 0. The van der Waals surface area contributed by atoms with Gasteiger partial charge in [-0.25, -0.2) is 0 Å². The molecule has 0 radical (unpaired) electrons. The largest absolute Gasteiger partial charge is 0.463 e. The minimum absolute atomic E-state index is 0.218. The van der Waals surface area contributed by atoms with Gasteiger partial charge in [-0.05, 0) is 25.7 Å². The molecule has 0 aromatic rings. The number of ether oxygens (including phenoxy) is 9.